The molecule has 2 aliphatic rings. The summed E-state index contributed by atoms with van der Waals surface area (Å²) in [6.07, 6.45) is 1.55. The van der Waals surface area contributed by atoms with Gasteiger partial charge in [0.05, 0.1) is 25.7 Å². The van der Waals surface area contributed by atoms with Gasteiger partial charge in [-0.15, -0.1) is 0 Å². The molecule has 18 heavy (non-hydrogen) atoms. The Morgan fingerprint density at radius 3 is 2.89 bits per heavy atom. The minimum atomic E-state index is 0.0107. The Balaban J connectivity index is 1.41. The number of hydrogen-bond acceptors (Lipinski definition) is 3. The van der Waals surface area contributed by atoms with E-state index in [0.29, 0.717) is 19.6 Å². The lowest BCUT2D eigenvalue weighted by Crippen LogP contribution is -2.59. The first-order valence-corrected chi connectivity index (χ1v) is 6.39. The average molecular weight is 247 g/mol. The highest BCUT2D eigenvalue weighted by molar-refractivity contribution is 5.82. The van der Waals surface area contributed by atoms with Gasteiger partial charge >= 0.3 is 0 Å². The third-order valence-corrected chi connectivity index (χ3v) is 3.47. The van der Waals surface area contributed by atoms with Crippen molar-refractivity contribution in [3.63, 3.8) is 0 Å². The maximum absolute atomic E-state index is 11.2. The molecule has 0 unspecified atom stereocenters. The van der Waals surface area contributed by atoms with Crippen molar-refractivity contribution in [2.24, 2.45) is 0 Å². The van der Waals surface area contributed by atoms with Crippen molar-refractivity contribution in [3.05, 3.63) is 35.9 Å². The van der Waals surface area contributed by atoms with E-state index in [-0.39, 0.29) is 18.2 Å². The number of rotatable bonds is 4. The fourth-order valence-corrected chi connectivity index (χ4v) is 2.39. The van der Waals surface area contributed by atoms with E-state index in [0.717, 1.165) is 13.0 Å². The van der Waals surface area contributed by atoms with Crippen molar-refractivity contribution in [1.29, 1.82) is 0 Å². The summed E-state index contributed by atoms with van der Waals surface area (Å²) in [4.78, 5) is 13.0. The van der Waals surface area contributed by atoms with Gasteiger partial charge in [0.15, 0.2) is 0 Å². The molecule has 0 radical (unpaired) electrons. The SMILES string of the molecule is O=C1C[C@H]2O[C@H](COCc3ccccc3)CCN12. The van der Waals surface area contributed by atoms with E-state index in [9.17, 15) is 4.79 Å². The van der Waals surface area contributed by atoms with Crippen LogP contribution in [0, 0.1) is 0 Å². The van der Waals surface area contributed by atoms with Gasteiger partial charge < -0.3 is 14.4 Å². The van der Waals surface area contributed by atoms with Crippen LogP contribution < -0.4 is 0 Å². The Labute approximate surface area is 106 Å². The van der Waals surface area contributed by atoms with Gasteiger partial charge in [-0.3, -0.25) is 4.79 Å². The van der Waals surface area contributed by atoms with E-state index in [1.807, 2.05) is 30.3 Å². The van der Waals surface area contributed by atoms with Gasteiger partial charge in [0.2, 0.25) is 5.91 Å². The molecule has 4 nitrogen and oxygen atoms in total. The van der Waals surface area contributed by atoms with Gasteiger partial charge in [0, 0.05) is 6.54 Å². The number of benzene rings is 1. The van der Waals surface area contributed by atoms with E-state index in [2.05, 4.69) is 0 Å². The average Bonchev–Trinajstić information content (AvgIpc) is 2.39. The Bertz CT molecular complexity index is 420. The summed E-state index contributed by atoms with van der Waals surface area (Å²) in [5.74, 6) is 0.212. The number of ether oxygens (including phenoxy) is 2. The van der Waals surface area contributed by atoms with Crippen molar-refractivity contribution < 1.29 is 14.3 Å². The van der Waals surface area contributed by atoms with Gasteiger partial charge in [-0.1, -0.05) is 30.3 Å². The second-order valence-corrected chi connectivity index (χ2v) is 4.79. The van der Waals surface area contributed by atoms with E-state index in [1.165, 1.54) is 5.56 Å². The molecule has 2 aliphatic heterocycles. The molecular formula is C14H17NO3. The monoisotopic (exact) mass is 247 g/mol. The van der Waals surface area contributed by atoms with Crippen LogP contribution in [0.5, 0.6) is 0 Å². The van der Waals surface area contributed by atoms with Crippen molar-refractivity contribution >= 4 is 5.91 Å². The molecular weight excluding hydrogens is 230 g/mol. The number of carbonyl (C=O) groups is 1. The zero-order valence-electron chi connectivity index (χ0n) is 10.2. The van der Waals surface area contributed by atoms with Crippen LogP contribution in [-0.2, 0) is 20.9 Å². The molecule has 1 amide bonds. The first kappa shape index (κ1) is 11.7. The number of amides is 1. The second kappa shape index (κ2) is 5.08. The summed E-state index contributed by atoms with van der Waals surface area (Å²) in [6, 6.07) is 10.1. The second-order valence-electron chi connectivity index (χ2n) is 4.79. The molecule has 2 fully saturated rings. The Morgan fingerprint density at radius 1 is 1.33 bits per heavy atom. The lowest BCUT2D eigenvalue weighted by atomic mass is 10.1. The summed E-state index contributed by atoms with van der Waals surface area (Å²) in [5, 5.41) is 0. The first-order chi connectivity index (χ1) is 8.83. The van der Waals surface area contributed by atoms with Gasteiger partial charge in [-0.25, -0.2) is 0 Å². The first-order valence-electron chi connectivity index (χ1n) is 6.39. The van der Waals surface area contributed by atoms with Crippen LogP contribution in [0.1, 0.15) is 18.4 Å². The molecule has 0 spiro atoms. The zero-order chi connectivity index (χ0) is 12.4. The summed E-state index contributed by atoms with van der Waals surface area (Å²) >= 11 is 0. The number of carbonyl (C=O) groups excluding carboxylic acids is 1. The van der Waals surface area contributed by atoms with Crippen LogP contribution in [0.25, 0.3) is 0 Å². The molecule has 0 saturated carbocycles. The predicted octanol–water partition coefficient (Wildman–Crippen LogP) is 1.55. The van der Waals surface area contributed by atoms with Crippen LogP contribution in [0.2, 0.25) is 0 Å². The van der Waals surface area contributed by atoms with Crippen LogP contribution in [0.15, 0.2) is 30.3 Å². The summed E-state index contributed by atoms with van der Waals surface area (Å²) in [7, 11) is 0. The molecule has 2 atom stereocenters. The predicted molar refractivity (Wildman–Crippen MR) is 65.7 cm³/mol. The van der Waals surface area contributed by atoms with Gasteiger partial charge in [-0.05, 0) is 12.0 Å². The van der Waals surface area contributed by atoms with E-state index >= 15 is 0 Å². The highest BCUT2D eigenvalue weighted by atomic mass is 16.6. The maximum atomic E-state index is 11.2. The minimum absolute atomic E-state index is 0.0107. The standard InChI is InChI=1S/C14H17NO3/c16-13-8-14-15(13)7-6-12(18-14)10-17-9-11-4-2-1-3-5-11/h1-5,12,14H,6-10H2/t12-,14+/m0/s1. The van der Waals surface area contributed by atoms with Crippen molar-refractivity contribution in [1.82, 2.24) is 4.90 Å². The van der Waals surface area contributed by atoms with Gasteiger partial charge in [-0.2, -0.15) is 0 Å². The molecule has 3 rings (SSSR count). The minimum Gasteiger partial charge on any atom is -0.374 e. The molecule has 0 N–H and O–H groups in total. The lowest BCUT2D eigenvalue weighted by molar-refractivity contribution is -0.208. The van der Waals surface area contributed by atoms with Gasteiger partial charge in [0.1, 0.15) is 6.23 Å². The van der Waals surface area contributed by atoms with Crippen molar-refractivity contribution in [2.75, 3.05) is 13.2 Å². The fraction of sp³-hybridized carbons (Fsp3) is 0.500. The normalized spacial score (nSPS) is 26.7. The highest BCUT2D eigenvalue weighted by Gasteiger charge is 2.41. The zero-order valence-corrected chi connectivity index (χ0v) is 10.2. The molecule has 0 aromatic heterocycles. The lowest BCUT2D eigenvalue weighted by Gasteiger charge is -2.46. The quantitative estimate of drug-likeness (QED) is 0.758. The largest absolute Gasteiger partial charge is 0.374 e. The topological polar surface area (TPSA) is 38.8 Å². The Hall–Kier alpha value is -1.39. The number of hydrogen-bond donors (Lipinski definition) is 0. The number of nitrogens with zero attached hydrogens (tertiary/aromatic N) is 1. The van der Waals surface area contributed by atoms with E-state index < -0.39 is 0 Å². The van der Waals surface area contributed by atoms with E-state index in [1.54, 1.807) is 4.90 Å². The van der Waals surface area contributed by atoms with Crippen LogP contribution in [0.3, 0.4) is 0 Å². The third kappa shape index (κ3) is 2.40. The molecule has 2 saturated heterocycles. The molecule has 1 aromatic carbocycles. The number of β-lactam (4-membered cyclic amide) rings is 1. The van der Waals surface area contributed by atoms with Gasteiger partial charge in [0.25, 0.3) is 0 Å². The van der Waals surface area contributed by atoms with Crippen LogP contribution >= 0.6 is 0 Å². The summed E-state index contributed by atoms with van der Waals surface area (Å²) in [6.45, 7) is 2.03. The molecule has 1 aromatic rings. The molecule has 96 valence electrons. The maximum Gasteiger partial charge on any atom is 0.229 e. The Morgan fingerprint density at radius 2 is 2.17 bits per heavy atom. The van der Waals surface area contributed by atoms with Crippen molar-refractivity contribution in [3.8, 4) is 0 Å². The smallest absolute Gasteiger partial charge is 0.229 e. The van der Waals surface area contributed by atoms with Crippen LogP contribution in [0.4, 0.5) is 0 Å². The number of fused-ring (bicyclic) bond motifs is 1. The highest BCUT2D eigenvalue weighted by Crippen LogP contribution is 2.27. The van der Waals surface area contributed by atoms with Crippen molar-refractivity contribution in [2.45, 2.75) is 31.8 Å². The Kier molecular flexibility index (Phi) is 3.30. The molecule has 2 heterocycles. The van der Waals surface area contributed by atoms with Crippen LogP contribution in [-0.4, -0.2) is 36.3 Å². The molecule has 4 heteroatoms. The van der Waals surface area contributed by atoms with E-state index in [4.69, 9.17) is 9.47 Å². The summed E-state index contributed by atoms with van der Waals surface area (Å²) < 4.78 is 11.4. The fourth-order valence-electron chi connectivity index (χ4n) is 2.39. The third-order valence-electron chi connectivity index (χ3n) is 3.47. The molecule has 0 bridgehead atoms. The molecule has 0 aliphatic carbocycles. The summed E-state index contributed by atoms with van der Waals surface area (Å²) in [5.41, 5.74) is 1.17.